The maximum Gasteiger partial charge on any atom is 0.317 e. The van der Waals surface area contributed by atoms with Gasteiger partial charge in [0, 0.05) is 26.2 Å². The number of urea groups is 1. The van der Waals surface area contributed by atoms with Crippen molar-refractivity contribution in [2.24, 2.45) is 0 Å². The van der Waals surface area contributed by atoms with Crippen molar-refractivity contribution in [1.29, 1.82) is 0 Å². The fraction of sp³-hybridized carbons (Fsp3) is 0.588. The summed E-state index contributed by atoms with van der Waals surface area (Å²) >= 11 is 0. The lowest BCUT2D eigenvalue weighted by atomic mass is 10.1. The Balaban J connectivity index is 1.72. The van der Waals surface area contributed by atoms with Crippen molar-refractivity contribution in [2.75, 3.05) is 26.2 Å². The highest BCUT2D eigenvalue weighted by atomic mass is 16.5. The number of nitrogens with zero attached hydrogens (tertiary/aromatic N) is 1. The number of ether oxygens (including phenoxy) is 1. The quantitative estimate of drug-likeness (QED) is 0.875. The molecule has 0 saturated carbocycles. The van der Waals surface area contributed by atoms with Crippen LogP contribution in [0.4, 0.5) is 4.79 Å². The van der Waals surface area contributed by atoms with E-state index in [9.17, 15) is 4.79 Å². The van der Waals surface area contributed by atoms with Crippen molar-refractivity contribution >= 4 is 6.03 Å². The summed E-state index contributed by atoms with van der Waals surface area (Å²) in [6, 6.07) is 10.2. The third-order valence-corrected chi connectivity index (χ3v) is 3.90. The lowest BCUT2D eigenvalue weighted by molar-refractivity contribution is 0.00136. The van der Waals surface area contributed by atoms with Crippen LogP contribution in [0.3, 0.4) is 0 Å². The van der Waals surface area contributed by atoms with Crippen molar-refractivity contribution in [1.82, 2.24) is 10.2 Å². The number of carbonyl (C=O) groups is 1. The van der Waals surface area contributed by atoms with E-state index < -0.39 is 0 Å². The number of nitrogens with one attached hydrogen (secondary N) is 1. The van der Waals surface area contributed by atoms with Crippen LogP contribution in [0, 0.1) is 0 Å². The minimum atomic E-state index is 0.0163. The SMILES string of the molecule is CCN(CC1CCCCO1)C(=O)NCCc1ccccc1. The summed E-state index contributed by atoms with van der Waals surface area (Å²) in [5, 5.41) is 3.00. The van der Waals surface area contributed by atoms with Gasteiger partial charge < -0.3 is 15.0 Å². The molecule has 1 aliphatic rings. The van der Waals surface area contributed by atoms with Gasteiger partial charge in [-0.3, -0.25) is 0 Å². The highest BCUT2D eigenvalue weighted by molar-refractivity contribution is 5.74. The van der Waals surface area contributed by atoms with Gasteiger partial charge in [-0.25, -0.2) is 4.79 Å². The minimum Gasteiger partial charge on any atom is -0.376 e. The van der Waals surface area contributed by atoms with Gasteiger partial charge >= 0.3 is 6.03 Å². The van der Waals surface area contributed by atoms with Crippen LogP contribution in [0.2, 0.25) is 0 Å². The molecule has 1 N–H and O–H groups in total. The number of benzene rings is 1. The summed E-state index contributed by atoms with van der Waals surface area (Å²) in [5.74, 6) is 0. The Hall–Kier alpha value is -1.55. The van der Waals surface area contributed by atoms with Gasteiger partial charge in [-0.2, -0.15) is 0 Å². The molecule has 4 heteroatoms. The number of hydrogen-bond donors (Lipinski definition) is 1. The Morgan fingerprint density at radius 1 is 1.33 bits per heavy atom. The monoisotopic (exact) mass is 290 g/mol. The van der Waals surface area contributed by atoms with Gasteiger partial charge in [0.1, 0.15) is 0 Å². The first-order chi connectivity index (χ1) is 10.3. The van der Waals surface area contributed by atoms with Gasteiger partial charge in [-0.1, -0.05) is 30.3 Å². The van der Waals surface area contributed by atoms with Crippen molar-refractivity contribution in [2.45, 2.75) is 38.7 Å². The molecule has 0 aromatic heterocycles. The van der Waals surface area contributed by atoms with E-state index in [0.29, 0.717) is 13.1 Å². The molecular formula is C17H26N2O2. The zero-order chi connectivity index (χ0) is 14.9. The first-order valence-corrected chi connectivity index (χ1v) is 7.98. The third kappa shape index (κ3) is 5.38. The van der Waals surface area contributed by atoms with Crippen LogP contribution in [0.1, 0.15) is 31.7 Å². The predicted molar refractivity (Wildman–Crippen MR) is 84.4 cm³/mol. The molecule has 0 spiro atoms. The minimum absolute atomic E-state index is 0.0163. The van der Waals surface area contributed by atoms with Gasteiger partial charge in [-0.15, -0.1) is 0 Å². The molecule has 1 fully saturated rings. The lowest BCUT2D eigenvalue weighted by Crippen LogP contribution is -2.45. The molecule has 4 nitrogen and oxygen atoms in total. The number of hydrogen-bond acceptors (Lipinski definition) is 2. The van der Waals surface area contributed by atoms with E-state index in [1.54, 1.807) is 0 Å². The number of carbonyl (C=O) groups excluding carboxylic acids is 1. The molecule has 1 atom stereocenters. The molecule has 21 heavy (non-hydrogen) atoms. The summed E-state index contributed by atoms with van der Waals surface area (Å²) in [6.07, 6.45) is 4.49. The molecule has 1 unspecified atom stereocenters. The average Bonchev–Trinajstić information content (AvgIpc) is 2.54. The summed E-state index contributed by atoms with van der Waals surface area (Å²) in [7, 11) is 0. The standard InChI is InChI=1S/C17H26N2O2/c1-2-19(14-16-10-6-7-13-21-16)17(20)18-12-11-15-8-4-3-5-9-15/h3-5,8-9,16H,2,6-7,10-14H2,1H3,(H,18,20). The second kappa shape index (κ2) is 8.67. The summed E-state index contributed by atoms with van der Waals surface area (Å²) < 4.78 is 5.71. The van der Waals surface area contributed by atoms with E-state index in [2.05, 4.69) is 17.4 Å². The van der Waals surface area contributed by atoms with Crippen molar-refractivity contribution < 1.29 is 9.53 Å². The zero-order valence-electron chi connectivity index (χ0n) is 12.9. The summed E-state index contributed by atoms with van der Waals surface area (Å²) in [6.45, 7) is 4.94. The van der Waals surface area contributed by atoms with E-state index >= 15 is 0 Å². The Kier molecular flexibility index (Phi) is 6.54. The van der Waals surface area contributed by atoms with Crippen LogP contribution in [0.15, 0.2) is 30.3 Å². The third-order valence-electron chi connectivity index (χ3n) is 3.90. The van der Waals surface area contributed by atoms with Crippen LogP contribution < -0.4 is 5.32 Å². The number of rotatable bonds is 6. The predicted octanol–water partition coefficient (Wildman–Crippen LogP) is 2.83. The number of likely N-dealkylation sites (N-methyl/N-ethyl adjacent to an activating group) is 1. The van der Waals surface area contributed by atoms with Crippen LogP contribution in [0.25, 0.3) is 0 Å². The summed E-state index contributed by atoms with van der Waals surface area (Å²) in [5.41, 5.74) is 1.25. The smallest absolute Gasteiger partial charge is 0.317 e. The number of amides is 2. The first kappa shape index (κ1) is 15.8. The Morgan fingerprint density at radius 2 is 2.14 bits per heavy atom. The molecule has 1 heterocycles. The van der Waals surface area contributed by atoms with Crippen molar-refractivity contribution in [3.8, 4) is 0 Å². The van der Waals surface area contributed by atoms with Crippen molar-refractivity contribution in [3.63, 3.8) is 0 Å². The maximum absolute atomic E-state index is 12.2. The largest absolute Gasteiger partial charge is 0.376 e. The molecule has 2 amide bonds. The van der Waals surface area contributed by atoms with Gasteiger partial charge in [0.25, 0.3) is 0 Å². The molecule has 2 rings (SSSR count). The van der Waals surface area contributed by atoms with Gasteiger partial charge in [0.15, 0.2) is 0 Å². The maximum atomic E-state index is 12.2. The van der Waals surface area contributed by atoms with Gasteiger partial charge in [-0.05, 0) is 38.2 Å². The molecule has 1 aromatic carbocycles. The molecular weight excluding hydrogens is 264 g/mol. The second-order valence-electron chi connectivity index (χ2n) is 5.49. The molecule has 1 aliphatic heterocycles. The Morgan fingerprint density at radius 3 is 2.81 bits per heavy atom. The molecule has 1 aromatic rings. The van der Waals surface area contributed by atoms with Crippen LogP contribution in [-0.4, -0.2) is 43.3 Å². The topological polar surface area (TPSA) is 41.6 Å². The highest BCUT2D eigenvalue weighted by Gasteiger charge is 2.20. The fourth-order valence-electron chi connectivity index (χ4n) is 2.62. The van der Waals surface area contributed by atoms with E-state index in [1.165, 1.54) is 12.0 Å². The average molecular weight is 290 g/mol. The zero-order valence-corrected chi connectivity index (χ0v) is 12.9. The molecule has 1 saturated heterocycles. The summed E-state index contributed by atoms with van der Waals surface area (Å²) in [4.78, 5) is 14.0. The molecule has 116 valence electrons. The van der Waals surface area contributed by atoms with E-state index in [4.69, 9.17) is 4.74 Å². The van der Waals surface area contributed by atoms with Crippen molar-refractivity contribution in [3.05, 3.63) is 35.9 Å². The normalized spacial score (nSPS) is 18.2. The van der Waals surface area contributed by atoms with Gasteiger partial charge in [0.05, 0.1) is 6.10 Å². The highest BCUT2D eigenvalue weighted by Crippen LogP contribution is 2.13. The van der Waals surface area contributed by atoms with E-state index in [1.807, 2.05) is 30.0 Å². The molecule has 0 radical (unpaired) electrons. The van der Waals surface area contributed by atoms with Crippen LogP contribution in [0.5, 0.6) is 0 Å². The molecule has 0 bridgehead atoms. The van der Waals surface area contributed by atoms with E-state index in [0.717, 1.165) is 32.4 Å². The lowest BCUT2D eigenvalue weighted by Gasteiger charge is -2.29. The molecule has 0 aliphatic carbocycles. The van der Waals surface area contributed by atoms with Crippen LogP contribution >= 0.6 is 0 Å². The Labute approximate surface area is 127 Å². The van der Waals surface area contributed by atoms with Gasteiger partial charge in [0.2, 0.25) is 0 Å². The second-order valence-corrected chi connectivity index (χ2v) is 5.49. The Bertz CT molecular complexity index is 416. The van der Waals surface area contributed by atoms with Crippen LogP contribution in [-0.2, 0) is 11.2 Å². The first-order valence-electron chi connectivity index (χ1n) is 7.98. The fourth-order valence-corrected chi connectivity index (χ4v) is 2.62. The van der Waals surface area contributed by atoms with E-state index in [-0.39, 0.29) is 12.1 Å².